The van der Waals surface area contributed by atoms with E-state index >= 15 is 0 Å². The van der Waals surface area contributed by atoms with E-state index in [-0.39, 0.29) is 31.1 Å². The number of carbonyl (C=O) groups excluding carboxylic acids is 3. The van der Waals surface area contributed by atoms with E-state index in [1.807, 2.05) is 0 Å². The Kier molecular flexibility index (Phi) is 48.6. The molecule has 0 aromatic rings. The molecule has 0 amide bonds. The highest BCUT2D eigenvalue weighted by atomic mass is 16.6. The fourth-order valence-electron chi connectivity index (χ4n) is 8.66. The first kappa shape index (κ1) is 61.4. The third-order valence-electron chi connectivity index (χ3n) is 13.3. The summed E-state index contributed by atoms with van der Waals surface area (Å²) in [6.45, 7) is 11.4. The third-order valence-corrected chi connectivity index (χ3v) is 13.3. The minimum absolute atomic E-state index is 0.0633. The van der Waals surface area contributed by atoms with E-state index in [2.05, 4.69) is 34.6 Å². The first-order valence-corrected chi connectivity index (χ1v) is 28.3. The lowest BCUT2D eigenvalue weighted by atomic mass is 9.99. The molecule has 0 heterocycles. The van der Waals surface area contributed by atoms with Crippen LogP contribution in [-0.4, -0.2) is 37.2 Å². The number of hydrogen-bond acceptors (Lipinski definition) is 6. The Morgan fingerprint density at radius 3 is 0.905 bits per heavy atom. The van der Waals surface area contributed by atoms with Crippen LogP contribution in [0.2, 0.25) is 0 Å². The molecule has 2 atom stereocenters. The molecule has 0 aromatic carbocycles. The molecule has 1 unspecified atom stereocenters. The molecule has 6 heteroatoms. The van der Waals surface area contributed by atoms with E-state index in [1.165, 1.54) is 205 Å². The van der Waals surface area contributed by atoms with Crippen LogP contribution in [0, 0.1) is 11.8 Å². The van der Waals surface area contributed by atoms with Gasteiger partial charge in [-0.1, -0.05) is 279 Å². The lowest BCUT2D eigenvalue weighted by Gasteiger charge is -2.18. The molecule has 0 N–H and O–H groups in total. The van der Waals surface area contributed by atoms with Gasteiger partial charge in [0.15, 0.2) is 6.10 Å². The lowest BCUT2D eigenvalue weighted by molar-refractivity contribution is -0.167. The molecule has 0 rings (SSSR count). The van der Waals surface area contributed by atoms with Gasteiger partial charge < -0.3 is 14.2 Å². The Morgan fingerprint density at radius 1 is 0.333 bits per heavy atom. The quantitative estimate of drug-likeness (QED) is 0.0344. The number of carbonyl (C=O) groups is 3. The van der Waals surface area contributed by atoms with Gasteiger partial charge in [0, 0.05) is 19.3 Å². The zero-order valence-electron chi connectivity index (χ0n) is 43.2. The summed E-state index contributed by atoms with van der Waals surface area (Å²) in [5.74, 6) is 0.862. The van der Waals surface area contributed by atoms with Crippen LogP contribution < -0.4 is 0 Å². The Bertz CT molecular complexity index is 964. The standard InChI is InChI=1S/C57H110O6/c1-6-8-9-10-11-12-13-23-27-34-39-44-49-57(60)63-54(51-62-56(59)48-43-38-33-29-28-30-35-40-45-52(3)4)50-61-55(58)47-42-37-32-26-24-21-19-17-15-14-16-18-20-22-25-31-36-41-46-53(5)7-2/h52-54H,6-51H2,1-5H3/t53?,54-/m1/s1. The van der Waals surface area contributed by atoms with E-state index in [4.69, 9.17) is 14.2 Å². The van der Waals surface area contributed by atoms with Crippen molar-refractivity contribution in [3.63, 3.8) is 0 Å². The van der Waals surface area contributed by atoms with Gasteiger partial charge in [-0.05, 0) is 31.1 Å². The monoisotopic (exact) mass is 891 g/mol. The maximum Gasteiger partial charge on any atom is 0.306 e. The third kappa shape index (κ3) is 49.7. The molecule has 0 aliphatic heterocycles. The minimum atomic E-state index is -0.762. The smallest absolute Gasteiger partial charge is 0.306 e. The zero-order chi connectivity index (χ0) is 46.1. The van der Waals surface area contributed by atoms with Crippen LogP contribution in [0.25, 0.3) is 0 Å². The van der Waals surface area contributed by atoms with E-state index in [1.54, 1.807) is 0 Å². The van der Waals surface area contributed by atoms with Crippen molar-refractivity contribution in [3.05, 3.63) is 0 Å². The van der Waals surface area contributed by atoms with Gasteiger partial charge >= 0.3 is 17.9 Å². The summed E-state index contributed by atoms with van der Waals surface area (Å²) in [5, 5.41) is 0. The molecule has 0 saturated heterocycles. The summed E-state index contributed by atoms with van der Waals surface area (Å²) in [5.41, 5.74) is 0. The van der Waals surface area contributed by atoms with Gasteiger partial charge in [-0.2, -0.15) is 0 Å². The van der Waals surface area contributed by atoms with Crippen LogP contribution >= 0.6 is 0 Å². The molecule has 0 aliphatic carbocycles. The van der Waals surface area contributed by atoms with Gasteiger partial charge in [0.25, 0.3) is 0 Å². The van der Waals surface area contributed by atoms with Crippen LogP contribution in [0.4, 0.5) is 0 Å². The van der Waals surface area contributed by atoms with Crippen molar-refractivity contribution in [2.24, 2.45) is 11.8 Å². The number of ether oxygens (including phenoxy) is 3. The second-order valence-electron chi connectivity index (χ2n) is 20.3. The summed E-state index contributed by atoms with van der Waals surface area (Å²) in [7, 11) is 0. The normalized spacial score (nSPS) is 12.5. The maximum absolute atomic E-state index is 12.8. The first-order chi connectivity index (χ1) is 30.8. The second-order valence-corrected chi connectivity index (χ2v) is 20.3. The highest BCUT2D eigenvalue weighted by Gasteiger charge is 2.19. The van der Waals surface area contributed by atoms with Crippen molar-refractivity contribution < 1.29 is 28.6 Å². The van der Waals surface area contributed by atoms with Crippen LogP contribution in [0.15, 0.2) is 0 Å². The fourth-order valence-corrected chi connectivity index (χ4v) is 8.66. The number of rotatable bonds is 51. The summed E-state index contributed by atoms with van der Waals surface area (Å²) >= 11 is 0. The predicted molar refractivity (Wildman–Crippen MR) is 270 cm³/mol. The first-order valence-electron chi connectivity index (χ1n) is 28.3. The second kappa shape index (κ2) is 49.8. The van der Waals surface area contributed by atoms with Gasteiger partial charge in [0.1, 0.15) is 13.2 Å². The van der Waals surface area contributed by atoms with Crippen molar-refractivity contribution in [1.29, 1.82) is 0 Å². The molecule has 6 nitrogen and oxygen atoms in total. The Hall–Kier alpha value is -1.59. The molecule has 0 fully saturated rings. The fraction of sp³-hybridized carbons (Fsp3) is 0.947. The van der Waals surface area contributed by atoms with Crippen LogP contribution in [0.1, 0.15) is 317 Å². The predicted octanol–water partition coefficient (Wildman–Crippen LogP) is 18.5. The highest BCUT2D eigenvalue weighted by molar-refractivity contribution is 5.71. The Morgan fingerprint density at radius 2 is 0.603 bits per heavy atom. The maximum atomic E-state index is 12.8. The molecule has 0 radical (unpaired) electrons. The highest BCUT2D eigenvalue weighted by Crippen LogP contribution is 2.18. The number of hydrogen-bond donors (Lipinski definition) is 0. The van der Waals surface area contributed by atoms with Gasteiger partial charge in [0.2, 0.25) is 0 Å². The summed E-state index contributed by atoms with van der Waals surface area (Å²) < 4.78 is 16.8. The Labute approximate surface area is 393 Å². The van der Waals surface area contributed by atoms with Crippen molar-refractivity contribution in [3.8, 4) is 0 Å². The molecule has 374 valence electrons. The van der Waals surface area contributed by atoms with Crippen molar-refractivity contribution in [2.75, 3.05) is 13.2 Å². The molecule has 0 spiro atoms. The number of unbranched alkanes of at least 4 members (excludes halogenated alkanes) is 35. The van der Waals surface area contributed by atoms with Crippen LogP contribution in [0.3, 0.4) is 0 Å². The van der Waals surface area contributed by atoms with E-state index in [9.17, 15) is 14.4 Å². The molecular formula is C57H110O6. The molecular weight excluding hydrogens is 781 g/mol. The van der Waals surface area contributed by atoms with Crippen molar-refractivity contribution in [2.45, 2.75) is 323 Å². The Balaban J connectivity index is 4.19. The van der Waals surface area contributed by atoms with Gasteiger partial charge in [-0.25, -0.2) is 0 Å². The summed E-state index contributed by atoms with van der Waals surface area (Å²) in [6, 6.07) is 0. The summed E-state index contributed by atoms with van der Waals surface area (Å²) in [4.78, 5) is 38.0. The molecule has 0 bridgehead atoms. The van der Waals surface area contributed by atoms with E-state index < -0.39 is 6.10 Å². The zero-order valence-corrected chi connectivity index (χ0v) is 43.2. The minimum Gasteiger partial charge on any atom is -0.462 e. The molecule has 0 aromatic heterocycles. The largest absolute Gasteiger partial charge is 0.462 e. The average molecular weight is 892 g/mol. The number of esters is 3. The van der Waals surface area contributed by atoms with Gasteiger partial charge in [0.05, 0.1) is 0 Å². The molecule has 63 heavy (non-hydrogen) atoms. The van der Waals surface area contributed by atoms with E-state index in [0.717, 1.165) is 69.6 Å². The SMILES string of the molecule is CCCCCCCCCCCCCCC(=O)O[C@H](COC(=O)CCCCCCCCCCCCCCCCCCCCC(C)CC)COC(=O)CCCCCCCCCCC(C)C. The van der Waals surface area contributed by atoms with Crippen molar-refractivity contribution in [1.82, 2.24) is 0 Å². The molecule has 0 aliphatic rings. The average Bonchev–Trinajstić information content (AvgIpc) is 3.27. The van der Waals surface area contributed by atoms with Gasteiger partial charge in [-0.15, -0.1) is 0 Å². The van der Waals surface area contributed by atoms with Crippen LogP contribution in [0.5, 0.6) is 0 Å². The van der Waals surface area contributed by atoms with Gasteiger partial charge in [-0.3, -0.25) is 14.4 Å². The topological polar surface area (TPSA) is 78.9 Å². The van der Waals surface area contributed by atoms with E-state index in [0.29, 0.717) is 19.3 Å². The summed E-state index contributed by atoms with van der Waals surface area (Å²) in [6.07, 6.45) is 52.4. The van der Waals surface area contributed by atoms with Crippen LogP contribution in [-0.2, 0) is 28.6 Å². The van der Waals surface area contributed by atoms with Crippen molar-refractivity contribution >= 4 is 17.9 Å². The molecule has 0 saturated carbocycles. The lowest BCUT2D eigenvalue weighted by Crippen LogP contribution is -2.30.